The fraction of sp³-hybridized carbons (Fsp3) is 1.00. The van der Waals surface area contributed by atoms with Crippen molar-refractivity contribution in [2.24, 2.45) is 11.1 Å². The molecule has 0 saturated carbocycles. The molecule has 10 heavy (non-hydrogen) atoms. The molecular weight excluding hydrogens is 241 g/mol. The molecule has 60 valence electrons. The maximum absolute atomic E-state index is 10.2. The summed E-state index contributed by atoms with van der Waals surface area (Å²) < 4.78 is -0.000486. The van der Waals surface area contributed by atoms with E-state index in [0.717, 1.165) is 0 Å². The third-order valence-electron chi connectivity index (χ3n) is 2.10. The number of nitroso groups, excluding NO2 is 1. The monoisotopic (exact) mass is 255 g/mol. The van der Waals surface area contributed by atoms with Gasteiger partial charge in [0, 0.05) is 3.42 Å². The Balaban J connectivity index is 4.22. The van der Waals surface area contributed by atoms with Gasteiger partial charge in [-0.25, -0.2) is 0 Å². The van der Waals surface area contributed by atoms with Gasteiger partial charge in [-0.15, -0.1) is 0 Å². The average Bonchev–Trinajstić information content (AvgIpc) is 1.86. The molecule has 0 rings (SSSR count). The molecule has 0 aromatic heterocycles. The highest BCUT2D eigenvalue weighted by molar-refractivity contribution is 14.1. The van der Waals surface area contributed by atoms with Crippen LogP contribution in [0, 0.1) is 10.8 Å². The van der Waals surface area contributed by atoms with Crippen LogP contribution in [0.2, 0.25) is 0 Å². The van der Waals surface area contributed by atoms with Crippen molar-refractivity contribution in [2.45, 2.75) is 37.2 Å². The van der Waals surface area contributed by atoms with Crippen molar-refractivity contribution in [2.75, 3.05) is 0 Å². The summed E-state index contributed by atoms with van der Waals surface area (Å²) in [6, 6.07) is -0.104. The summed E-state index contributed by atoms with van der Waals surface area (Å²) in [6.45, 7) is 8.13. The van der Waals surface area contributed by atoms with Crippen LogP contribution in [0.4, 0.5) is 0 Å². The van der Waals surface area contributed by atoms with E-state index in [-0.39, 0.29) is 9.46 Å². The van der Waals surface area contributed by atoms with Crippen LogP contribution in [0.5, 0.6) is 0 Å². The summed E-state index contributed by atoms with van der Waals surface area (Å²) in [6.07, 6.45) is 0. The van der Waals surface area contributed by atoms with Crippen LogP contribution in [-0.4, -0.2) is 9.46 Å². The van der Waals surface area contributed by atoms with Gasteiger partial charge in [-0.05, 0) is 19.8 Å². The van der Waals surface area contributed by atoms with Gasteiger partial charge in [0.2, 0.25) is 0 Å². The highest BCUT2D eigenvalue weighted by Crippen LogP contribution is 2.32. The summed E-state index contributed by atoms with van der Waals surface area (Å²) in [5, 5.41) is 3.02. The minimum Gasteiger partial charge on any atom is -0.150 e. The zero-order valence-corrected chi connectivity index (χ0v) is 9.05. The molecule has 2 unspecified atom stereocenters. The van der Waals surface area contributed by atoms with E-state index in [4.69, 9.17) is 0 Å². The Hall–Kier alpha value is 0.330. The normalized spacial score (nSPS) is 20.2. The first-order valence-corrected chi connectivity index (χ1v) is 4.52. The van der Waals surface area contributed by atoms with E-state index < -0.39 is 0 Å². The van der Waals surface area contributed by atoms with Crippen LogP contribution in [0.3, 0.4) is 0 Å². The lowest BCUT2D eigenvalue weighted by molar-refractivity contribution is 0.430. The SMILES string of the molecule is CC(C)C(C)(I)C(C)N=O. The number of halogens is 1. The van der Waals surface area contributed by atoms with E-state index in [1.807, 2.05) is 6.92 Å². The van der Waals surface area contributed by atoms with Crippen molar-refractivity contribution < 1.29 is 0 Å². The largest absolute Gasteiger partial charge is 0.150 e. The Morgan fingerprint density at radius 2 is 1.80 bits per heavy atom. The molecule has 3 heteroatoms. The minimum atomic E-state index is -0.104. The van der Waals surface area contributed by atoms with Gasteiger partial charge in [-0.2, -0.15) is 4.91 Å². The van der Waals surface area contributed by atoms with Gasteiger partial charge in [0.15, 0.2) is 0 Å². The van der Waals surface area contributed by atoms with Gasteiger partial charge in [0.05, 0.1) is 0 Å². The summed E-state index contributed by atoms with van der Waals surface area (Å²) in [7, 11) is 0. The Kier molecular flexibility index (Phi) is 3.76. The smallest absolute Gasteiger partial charge is 0.104 e. The highest BCUT2D eigenvalue weighted by Gasteiger charge is 2.32. The number of hydrogen-bond donors (Lipinski definition) is 0. The van der Waals surface area contributed by atoms with Gasteiger partial charge < -0.3 is 0 Å². The van der Waals surface area contributed by atoms with Gasteiger partial charge in [0.1, 0.15) is 6.04 Å². The van der Waals surface area contributed by atoms with Crippen LogP contribution in [0.15, 0.2) is 5.18 Å². The van der Waals surface area contributed by atoms with Crippen molar-refractivity contribution in [3.63, 3.8) is 0 Å². The van der Waals surface area contributed by atoms with Crippen LogP contribution in [-0.2, 0) is 0 Å². The lowest BCUT2D eigenvalue weighted by atomic mass is 9.92. The van der Waals surface area contributed by atoms with Gasteiger partial charge in [-0.1, -0.05) is 41.6 Å². The summed E-state index contributed by atoms with van der Waals surface area (Å²) >= 11 is 2.30. The summed E-state index contributed by atoms with van der Waals surface area (Å²) in [4.78, 5) is 10.2. The van der Waals surface area contributed by atoms with Crippen molar-refractivity contribution in [3.05, 3.63) is 4.91 Å². The summed E-state index contributed by atoms with van der Waals surface area (Å²) in [5.41, 5.74) is 0. The zero-order valence-electron chi connectivity index (χ0n) is 6.89. The second-order valence-corrected chi connectivity index (χ2v) is 5.41. The van der Waals surface area contributed by atoms with E-state index in [0.29, 0.717) is 5.92 Å². The molecule has 0 amide bonds. The molecule has 0 aromatic carbocycles. The molecule has 0 heterocycles. The molecule has 0 bridgehead atoms. The van der Waals surface area contributed by atoms with Gasteiger partial charge >= 0.3 is 0 Å². The van der Waals surface area contributed by atoms with Crippen LogP contribution < -0.4 is 0 Å². The van der Waals surface area contributed by atoms with Gasteiger partial charge in [-0.3, -0.25) is 0 Å². The minimum absolute atomic E-state index is 0.000486. The average molecular weight is 255 g/mol. The predicted molar refractivity (Wildman–Crippen MR) is 52.5 cm³/mol. The molecule has 0 spiro atoms. The van der Waals surface area contributed by atoms with Crippen molar-refractivity contribution in [1.29, 1.82) is 0 Å². The summed E-state index contributed by atoms with van der Waals surface area (Å²) in [5.74, 6) is 0.487. The third kappa shape index (κ3) is 2.18. The molecular formula is C7H14INO. The molecule has 0 aliphatic heterocycles. The quantitative estimate of drug-likeness (QED) is 0.433. The lowest BCUT2D eigenvalue weighted by Crippen LogP contribution is -2.34. The Bertz CT molecular complexity index is 123. The van der Waals surface area contributed by atoms with E-state index in [9.17, 15) is 4.91 Å². The first-order chi connectivity index (χ1) is 4.42. The Labute approximate surface area is 75.9 Å². The lowest BCUT2D eigenvalue weighted by Gasteiger charge is -2.28. The van der Waals surface area contributed by atoms with E-state index >= 15 is 0 Å². The van der Waals surface area contributed by atoms with E-state index in [1.165, 1.54) is 0 Å². The van der Waals surface area contributed by atoms with Crippen molar-refractivity contribution in [3.8, 4) is 0 Å². The number of nitrogens with zero attached hydrogens (tertiary/aromatic N) is 1. The Morgan fingerprint density at radius 1 is 1.40 bits per heavy atom. The maximum atomic E-state index is 10.2. The fourth-order valence-corrected chi connectivity index (χ4v) is 0.699. The first kappa shape index (κ1) is 10.3. The van der Waals surface area contributed by atoms with E-state index in [1.54, 1.807) is 0 Å². The molecule has 0 saturated heterocycles. The fourth-order valence-electron chi connectivity index (χ4n) is 0.585. The Morgan fingerprint density at radius 3 is 1.90 bits per heavy atom. The van der Waals surface area contributed by atoms with Gasteiger partial charge in [0.25, 0.3) is 0 Å². The molecule has 0 aromatic rings. The molecule has 2 nitrogen and oxygen atoms in total. The molecule has 0 radical (unpaired) electrons. The molecule has 0 aliphatic carbocycles. The number of hydrogen-bond acceptors (Lipinski definition) is 2. The molecule has 0 fully saturated rings. The third-order valence-corrected chi connectivity index (χ3v) is 4.25. The van der Waals surface area contributed by atoms with Crippen molar-refractivity contribution >= 4 is 22.6 Å². The molecule has 0 N–H and O–H groups in total. The molecule has 0 aliphatic rings. The number of rotatable bonds is 3. The molecule has 2 atom stereocenters. The standard InChI is InChI=1S/C7H14INO/c1-5(2)7(4,8)6(3)9-10/h5-6H,1-4H3. The first-order valence-electron chi connectivity index (χ1n) is 3.44. The van der Waals surface area contributed by atoms with E-state index in [2.05, 4.69) is 48.5 Å². The highest BCUT2D eigenvalue weighted by atomic mass is 127. The predicted octanol–water partition coefficient (Wildman–Crippen LogP) is 2.99. The van der Waals surface area contributed by atoms with Crippen LogP contribution in [0.25, 0.3) is 0 Å². The topological polar surface area (TPSA) is 29.4 Å². The maximum Gasteiger partial charge on any atom is 0.104 e. The van der Waals surface area contributed by atoms with Crippen molar-refractivity contribution in [1.82, 2.24) is 0 Å². The number of alkyl halides is 1. The second kappa shape index (κ2) is 3.64. The van der Waals surface area contributed by atoms with Crippen LogP contribution >= 0.6 is 22.6 Å². The zero-order chi connectivity index (χ0) is 8.36. The second-order valence-electron chi connectivity index (χ2n) is 3.09. The van der Waals surface area contributed by atoms with Crippen LogP contribution in [0.1, 0.15) is 27.7 Å².